The van der Waals surface area contributed by atoms with Gasteiger partial charge in [-0.05, 0) is 50.8 Å². The maximum absolute atomic E-state index is 13.5. The van der Waals surface area contributed by atoms with Crippen LogP contribution in [-0.4, -0.2) is 43.2 Å². The van der Waals surface area contributed by atoms with Gasteiger partial charge >= 0.3 is 0 Å². The third-order valence-electron chi connectivity index (χ3n) is 5.89. The molecule has 8 nitrogen and oxygen atoms in total. The highest BCUT2D eigenvalue weighted by atomic mass is 32.2. The lowest BCUT2D eigenvalue weighted by atomic mass is 10.1. The molecule has 0 spiro atoms. The SMILES string of the molecule is Cc1ccc(CNC(=O)[C@@H]2CCCN2S(=O)(=O)c2cc3c(cc2C)NC(=O)[C@@H](C)O3)cc1. The first-order valence-electron chi connectivity index (χ1n) is 10.6. The van der Waals surface area contributed by atoms with Crippen molar-refractivity contribution in [3.8, 4) is 5.75 Å². The summed E-state index contributed by atoms with van der Waals surface area (Å²) in [5.74, 6) is -0.280. The minimum Gasteiger partial charge on any atom is -0.479 e. The van der Waals surface area contributed by atoms with Gasteiger partial charge in [-0.2, -0.15) is 4.31 Å². The first-order valence-corrected chi connectivity index (χ1v) is 12.1. The summed E-state index contributed by atoms with van der Waals surface area (Å²) in [5.41, 5.74) is 3.01. The summed E-state index contributed by atoms with van der Waals surface area (Å²) in [7, 11) is -3.94. The van der Waals surface area contributed by atoms with E-state index in [1.54, 1.807) is 19.9 Å². The molecule has 9 heteroatoms. The zero-order valence-electron chi connectivity index (χ0n) is 18.3. The van der Waals surface area contributed by atoms with Crippen LogP contribution in [0, 0.1) is 13.8 Å². The summed E-state index contributed by atoms with van der Waals surface area (Å²) in [6.07, 6.45) is 0.356. The fourth-order valence-corrected chi connectivity index (χ4v) is 5.93. The molecule has 0 aliphatic carbocycles. The van der Waals surface area contributed by atoms with Gasteiger partial charge in [-0.1, -0.05) is 29.8 Å². The van der Waals surface area contributed by atoms with Crippen LogP contribution in [0.5, 0.6) is 5.75 Å². The van der Waals surface area contributed by atoms with Crippen molar-refractivity contribution in [2.24, 2.45) is 0 Å². The zero-order chi connectivity index (χ0) is 23.0. The Morgan fingerprint density at radius 3 is 2.66 bits per heavy atom. The van der Waals surface area contributed by atoms with E-state index in [1.807, 2.05) is 31.2 Å². The van der Waals surface area contributed by atoms with Gasteiger partial charge in [-0.3, -0.25) is 9.59 Å². The standard InChI is InChI=1S/C23H27N3O5S/c1-14-6-8-17(9-7-14)13-24-23(28)19-5-4-10-26(19)32(29,30)21-12-20-18(11-15(21)2)25-22(27)16(3)31-20/h6-9,11-12,16,19H,4-5,10,13H2,1-3H3,(H,24,28)(H,25,27)/t16-,19+/m1/s1. The second-order valence-corrected chi connectivity index (χ2v) is 10.2. The van der Waals surface area contributed by atoms with Gasteiger partial charge in [0.2, 0.25) is 15.9 Å². The van der Waals surface area contributed by atoms with Crippen molar-refractivity contribution in [1.82, 2.24) is 9.62 Å². The van der Waals surface area contributed by atoms with Crippen LogP contribution in [0.2, 0.25) is 0 Å². The molecule has 1 fully saturated rings. The van der Waals surface area contributed by atoms with Crippen molar-refractivity contribution < 1.29 is 22.7 Å². The van der Waals surface area contributed by atoms with Crippen LogP contribution in [0.3, 0.4) is 0 Å². The maximum Gasteiger partial charge on any atom is 0.265 e. The first kappa shape index (κ1) is 22.3. The molecule has 4 rings (SSSR count). The van der Waals surface area contributed by atoms with Crippen LogP contribution in [0.25, 0.3) is 0 Å². The Hall–Kier alpha value is -2.91. The number of nitrogens with zero attached hydrogens (tertiary/aromatic N) is 1. The third kappa shape index (κ3) is 4.22. The average molecular weight is 458 g/mol. The number of anilines is 1. The Kier molecular flexibility index (Phi) is 5.96. The summed E-state index contributed by atoms with van der Waals surface area (Å²) in [5, 5.41) is 5.60. The number of carbonyl (C=O) groups excluding carboxylic acids is 2. The minimum absolute atomic E-state index is 0.0813. The number of fused-ring (bicyclic) bond motifs is 1. The van der Waals surface area contributed by atoms with Gasteiger partial charge in [0.15, 0.2) is 6.10 Å². The lowest BCUT2D eigenvalue weighted by molar-refractivity contribution is -0.124. The number of amides is 2. The van der Waals surface area contributed by atoms with Gasteiger partial charge < -0.3 is 15.4 Å². The molecule has 2 N–H and O–H groups in total. The highest BCUT2D eigenvalue weighted by Crippen LogP contribution is 2.36. The normalized spacial score (nSPS) is 20.9. The lowest BCUT2D eigenvalue weighted by Crippen LogP contribution is -2.45. The number of nitrogens with one attached hydrogen (secondary N) is 2. The first-order chi connectivity index (χ1) is 15.2. The zero-order valence-corrected chi connectivity index (χ0v) is 19.2. The molecule has 2 aliphatic heterocycles. The van der Waals surface area contributed by atoms with Crippen molar-refractivity contribution in [2.75, 3.05) is 11.9 Å². The summed E-state index contributed by atoms with van der Waals surface area (Å²) < 4.78 is 33.9. The summed E-state index contributed by atoms with van der Waals surface area (Å²) in [4.78, 5) is 24.8. The number of hydrogen-bond acceptors (Lipinski definition) is 5. The van der Waals surface area contributed by atoms with Crippen LogP contribution in [0.15, 0.2) is 41.3 Å². The number of carbonyl (C=O) groups is 2. The van der Waals surface area contributed by atoms with Crippen molar-refractivity contribution in [2.45, 2.75) is 57.2 Å². The van der Waals surface area contributed by atoms with E-state index in [1.165, 1.54) is 10.4 Å². The molecule has 0 bridgehead atoms. The molecule has 0 radical (unpaired) electrons. The van der Waals surface area contributed by atoms with E-state index in [9.17, 15) is 18.0 Å². The van der Waals surface area contributed by atoms with Gasteiger partial charge in [0, 0.05) is 19.2 Å². The Morgan fingerprint density at radius 2 is 1.94 bits per heavy atom. The van der Waals surface area contributed by atoms with E-state index >= 15 is 0 Å². The molecule has 2 aliphatic rings. The molecule has 2 heterocycles. The molecule has 2 aromatic rings. The molecule has 2 atom stereocenters. The average Bonchev–Trinajstić information content (AvgIpc) is 3.25. The van der Waals surface area contributed by atoms with Crippen molar-refractivity contribution in [3.63, 3.8) is 0 Å². The molecule has 0 unspecified atom stereocenters. The van der Waals surface area contributed by atoms with Crippen molar-refractivity contribution in [1.29, 1.82) is 0 Å². The molecule has 2 amide bonds. The molecule has 1 saturated heterocycles. The Morgan fingerprint density at radius 1 is 1.22 bits per heavy atom. The number of aryl methyl sites for hydroxylation is 2. The van der Waals surface area contributed by atoms with Gasteiger partial charge in [-0.15, -0.1) is 0 Å². The summed E-state index contributed by atoms with van der Waals surface area (Å²) in [6.45, 7) is 5.87. The highest BCUT2D eigenvalue weighted by molar-refractivity contribution is 7.89. The number of benzene rings is 2. The van der Waals surface area contributed by atoms with E-state index in [0.717, 1.165) is 11.1 Å². The molecule has 2 aromatic carbocycles. The topological polar surface area (TPSA) is 105 Å². The van der Waals surface area contributed by atoms with Crippen LogP contribution in [-0.2, 0) is 26.2 Å². The predicted octanol–water partition coefficient (Wildman–Crippen LogP) is 2.49. The second-order valence-electron chi connectivity index (χ2n) is 8.34. The largest absolute Gasteiger partial charge is 0.479 e. The quantitative estimate of drug-likeness (QED) is 0.718. The van der Waals surface area contributed by atoms with E-state index in [2.05, 4.69) is 10.6 Å². The summed E-state index contributed by atoms with van der Waals surface area (Å²) >= 11 is 0. The van der Waals surface area contributed by atoms with Crippen molar-refractivity contribution >= 4 is 27.5 Å². The molecule has 32 heavy (non-hydrogen) atoms. The van der Waals surface area contributed by atoms with Gasteiger partial charge in [0.05, 0.1) is 10.6 Å². The molecule has 170 valence electrons. The Labute approximate surface area is 188 Å². The molecule has 0 saturated carbocycles. The van der Waals surface area contributed by atoms with E-state index in [4.69, 9.17) is 4.74 Å². The molecule has 0 aromatic heterocycles. The Balaban J connectivity index is 1.55. The third-order valence-corrected chi connectivity index (χ3v) is 7.94. The number of sulfonamides is 1. The highest BCUT2D eigenvalue weighted by Gasteiger charge is 2.40. The molecular formula is C23H27N3O5S. The van der Waals surface area contributed by atoms with Crippen LogP contribution < -0.4 is 15.4 Å². The fourth-order valence-electron chi connectivity index (χ4n) is 4.05. The van der Waals surface area contributed by atoms with Crippen LogP contribution in [0.4, 0.5) is 5.69 Å². The molecular weight excluding hydrogens is 430 g/mol. The summed E-state index contributed by atoms with van der Waals surface area (Å²) in [6, 6.07) is 10.1. The monoisotopic (exact) mass is 457 g/mol. The fraction of sp³-hybridized carbons (Fsp3) is 0.391. The number of ether oxygens (including phenoxy) is 1. The Bertz CT molecular complexity index is 1160. The van der Waals surface area contributed by atoms with Crippen molar-refractivity contribution in [3.05, 3.63) is 53.1 Å². The second kappa shape index (κ2) is 8.55. The van der Waals surface area contributed by atoms with Gasteiger partial charge in [0.1, 0.15) is 11.8 Å². The van der Waals surface area contributed by atoms with E-state index < -0.39 is 22.2 Å². The van der Waals surface area contributed by atoms with Gasteiger partial charge in [0.25, 0.3) is 5.91 Å². The number of rotatable bonds is 5. The van der Waals surface area contributed by atoms with Crippen LogP contribution in [0.1, 0.15) is 36.5 Å². The van der Waals surface area contributed by atoms with Crippen LogP contribution >= 0.6 is 0 Å². The number of hydrogen-bond donors (Lipinski definition) is 2. The van der Waals surface area contributed by atoms with Gasteiger partial charge in [-0.25, -0.2) is 8.42 Å². The van der Waals surface area contributed by atoms with E-state index in [-0.39, 0.29) is 23.3 Å². The lowest BCUT2D eigenvalue weighted by Gasteiger charge is -2.27. The predicted molar refractivity (Wildman–Crippen MR) is 120 cm³/mol. The van der Waals surface area contributed by atoms with E-state index in [0.29, 0.717) is 36.4 Å². The minimum atomic E-state index is -3.94. The maximum atomic E-state index is 13.5. The smallest absolute Gasteiger partial charge is 0.265 e.